The number of ether oxygens (including phenoxy) is 5. The summed E-state index contributed by atoms with van der Waals surface area (Å²) >= 11 is 0. The minimum atomic E-state index is -1.13. The highest BCUT2D eigenvalue weighted by molar-refractivity contribution is 5.75. The van der Waals surface area contributed by atoms with Crippen molar-refractivity contribution in [2.24, 2.45) is 5.41 Å². The van der Waals surface area contributed by atoms with E-state index in [0.29, 0.717) is 0 Å². The molecule has 154 valence electrons. The van der Waals surface area contributed by atoms with Crippen molar-refractivity contribution in [2.45, 2.75) is 57.8 Å². The average molecular weight is 392 g/mol. The first kappa shape index (κ1) is 21.0. The van der Waals surface area contributed by atoms with E-state index in [2.05, 4.69) is 6.58 Å². The summed E-state index contributed by atoms with van der Waals surface area (Å²) < 4.78 is 28.8. The number of carbonyl (C=O) groups is 1. The van der Waals surface area contributed by atoms with Crippen molar-refractivity contribution in [1.82, 2.24) is 0 Å². The first-order valence-corrected chi connectivity index (χ1v) is 9.40. The largest absolute Gasteiger partial charge is 0.454 e. The predicted molar refractivity (Wildman–Crippen MR) is 100 cm³/mol. The molecule has 6 atom stereocenters. The van der Waals surface area contributed by atoms with Crippen LogP contribution in [-0.2, 0) is 28.5 Å². The smallest absolute Gasteiger partial charge is 0.311 e. The van der Waals surface area contributed by atoms with Crippen molar-refractivity contribution in [3.05, 3.63) is 48.6 Å². The van der Waals surface area contributed by atoms with E-state index in [1.54, 1.807) is 26.8 Å². The van der Waals surface area contributed by atoms with Gasteiger partial charge in [0.1, 0.15) is 18.3 Å². The van der Waals surface area contributed by atoms with E-state index in [0.717, 1.165) is 5.56 Å². The summed E-state index contributed by atoms with van der Waals surface area (Å²) in [4.78, 5) is 12.4. The number of rotatable bonds is 5. The number of aliphatic hydroxyl groups is 1. The van der Waals surface area contributed by atoms with Gasteiger partial charge in [0.2, 0.25) is 0 Å². The lowest BCUT2D eigenvalue weighted by Crippen LogP contribution is -2.63. The lowest BCUT2D eigenvalue weighted by Gasteiger charge is -2.47. The number of benzene rings is 1. The van der Waals surface area contributed by atoms with Gasteiger partial charge in [-0.15, -0.1) is 6.58 Å². The van der Waals surface area contributed by atoms with Gasteiger partial charge in [0, 0.05) is 5.56 Å². The molecular weight excluding hydrogens is 364 g/mol. The highest BCUT2D eigenvalue weighted by atomic mass is 16.8. The first-order valence-electron chi connectivity index (χ1n) is 9.40. The summed E-state index contributed by atoms with van der Waals surface area (Å²) in [5, 5.41) is 11.0. The standard InChI is InChI=1S/C21H28O7/c1-5-11-24-19-17(28-20(23)21(2,3)4)15(22)16-14(26-19)12-25-18(27-16)13-9-7-6-8-10-13/h5-10,14-19,22H,1,11-12H2,2-4H3/t14-,15+,16-,17-,18?,19+/m1/s1. The molecule has 28 heavy (non-hydrogen) atoms. The normalized spacial score (nSPS) is 33.0. The lowest BCUT2D eigenvalue weighted by atomic mass is 9.95. The molecule has 3 rings (SSSR count). The molecule has 2 fully saturated rings. The van der Waals surface area contributed by atoms with Crippen LogP contribution < -0.4 is 0 Å². The van der Waals surface area contributed by atoms with E-state index in [9.17, 15) is 9.90 Å². The Kier molecular flexibility index (Phi) is 6.52. The Bertz CT molecular complexity index is 669. The molecule has 0 spiro atoms. The zero-order chi connectivity index (χ0) is 20.3. The Morgan fingerprint density at radius 1 is 1.29 bits per heavy atom. The Morgan fingerprint density at radius 2 is 2.00 bits per heavy atom. The third kappa shape index (κ3) is 4.61. The Hall–Kier alpha value is -1.77. The van der Waals surface area contributed by atoms with Crippen LogP contribution in [0.5, 0.6) is 0 Å². The third-order valence-electron chi connectivity index (χ3n) is 4.61. The molecule has 2 aliphatic heterocycles. The maximum Gasteiger partial charge on any atom is 0.311 e. The van der Waals surface area contributed by atoms with Crippen LogP contribution in [0.1, 0.15) is 32.6 Å². The predicted octanol–water partition coefficient (Wildman–Crippen LogP) is 2.35. The fraction of sp³-hybridized carbons (Fsp3) is 0.571. The molecular formula is C21H28O7. The van der Waals surface area contributed by atoms with Gasteiger partial charge in [-0.05, 0) is 20.8 Å². The SMILES string of the molecule is C=CCO[C@H]1O[C@@H]2COC(c3ccccc3)O[C@H]2[C@H](O)[C@H]1OC(=O)C(C)(C)C. The van der Waals surface area contributed by atoms with E-state index in [-0.39, 0.29) is 13.2 Å². The Labute approximate surface area is 165 Å². The zero-order valence-electron chi connectivity index (χ0n) is 16.4. The van der Waals surface area contributed by atoms with Crippen LogP contribution in [0.15, 0.2) is 43.0 Å². The fourth-order valence-corrected chi connectivity index (χ4v) is 3.07. The molecule has 1 unspecified atom stereocenters. The second kappa shape index (κ2) is 8.71. The summed E-state index contributed by atoms with van der Waals surface area (Å²) in [6.07, 6.45) is -3.44. The number of hydrogen-bond acceptors (Lipinski definition) is 7. The molecule has 1 N–H and O–H groups in total. The molecule has 1 aromatic rings. The van der Waals surface area contributed by atoms with E-state index >= 15 is 0 Å². The minimum absolute atomic E-state index is 0.187. The zero-order valence-corrected chi connectivity index (χ0v) is 16.4. The lowest BCUT2D eigenvalue weighted by molar-refractivity contribution is -0.361. The fourth-order valence-electron chi connectivity index (χ4n) is 3.07. The molecule has 2 saturated heterocycles. The average Bonchev–Trinajstić information content (AvgIpc) is 2.68. The third-order valence-corrected chi connectivity index (χ3v) is 4.61. The minimum Gasteiger partial charge on any atom is -0.454 e. The van der Waals surface area contributed by atoms with Gasteiger partial charge in [0.25, 0.3) is 0 Å². The summed E-state index contributed by atoms with van der Waals surface area (Å²) in [6.45, 7) is 9.24. The van der Waals surface area contributed by atoms with Gasteiger partial charge in [0.15, 0.2) is 18.7 Å². The van der Waals surface area contributed by atoms with Crippen molar-refractivity contribution in [3.8, 4) is 0 Å². The van der Waals surface area contributed by atoms with Crippen LogP contribution >= 0.6 is 0 Å². The van der Waals surface area contributed by atoms with E-state index < -0.39 is 48.4 Å². The van der Waals surface area contributed by atoms with E-state index in [1.807, 2.05) is 30.3 Å². The van der Waals surface area contributed by atoms with E-state index in [4.69, 9.17) is 23.7 Å². The summed E-state index contributed by atoms with van der Waals surface area (Å²) in [7, 11) is 0. The second-order valence-corrected chi connectivity index (χ2v) is 7.95. The van der Waals surface area contributed by atoms with Crippen molar-refractivity contribution in [1.29, 1.82) is 0 Å². The topological polar surface area (TPSA) is 83.5 Å². The Balaban J connectivity index is 1.77. The van der Waals surface area contributed by atoms with Crippen LogP contribution in [0.3, 0.4) is 0 Å². The number of aliphatic hydroxyl groups excluding tert-OH is 1. The summed E-state index contributed by atoms with van der Waals surface area (Å²) in [6, 6.07) is 9.43. The highest BCUT2D eigenvalue weighted by Crippen LogP contribution is 2.36. The number of esters is 1. The molecule has 0 aromatic heterocycles. The first-order chi connectivity index (χ1) is 13.3. The van der Waals surface area contributed by atoms with Crippen LogP contribution in [-0.4, -0.2) is 55.0 Å². The quantitative estimate of drug-likeness (QED) is 0.608. The van der Waals surface area contributed by atoms with Gasteiger partial charge < -0.3 is 28.8 Å². The van der Waals surface area contributed by atoms with Crippen LogP contribution in [0.4, 0.5) is 0 Å². The summed E-state index contributed by atoms with van der Waals surface area (Å²) in [5.74, 6) is -0.461. The van der Waals surface area contributed by atoms with Crippen LogP contribution in [0, 0.1) is 5.41 Å². The molecule has 2 heterocycles. The molecule has 0 saturated carbocycles. The summed E-state index contributed by atoms with van der Waals surface area (Å²) in [5.41, 5.74) is 0.101. The van der Waals surface area contributed by atoms with Gasteiger partial charge in [-0.3, -0.25) is 4.79 Å². The molecule has 2 aliphatic rings. The molecule has 7 nitrogen and oxygen atoms in total. The van der Waals surface area contributed by atoms with Crippen molar-refractivity contribution >= 4 is 5.97 Å². The number of hydrogen-bond donors (Lipinski definition) is 1. The highest BCUT2D eigenvalue weighted by Gasteiger charge is 2.52. The van der Waals surface area contributed by atoms with Crippen molar-refractivity contribution in [3.63, 3.8) is 0 Å². The molecule has 0 bridgehead atoms. The van der Waals surface area contributed by atoms with Gasteiger partial charge in [0.05, 0.1) is 18.6 Å². The molecule has 0 amide bonds. The maximum atomic E-state index is 12.4. The van der Waals surface area contributed by atoms with Crippen molar-refractivity contribution in [2.75, 3.05) is 13.2 Å². The monoisotopic (exact) mass is 392 g/mol. The number of fused-ring (bicyclic) bond motifs is 1. The van der Waals surface area contributed by atoms with Gasteiger partial charge >= 0.3 is 5.97 Å². The molecule has 1 aromatic carbocycles. The van der Waals surface area contributed by atoms with Gasteiger partial charge in [-0.25, -0.2) is 0 Å². The number of carbonyl (C=O) groups excluding carboxylic acids is 1. The van der Waals surface area contributed by atoms with Crippen LogP contribution in [0.2, 0.25) is 0 Å². The molecule has 0 radical (unpaired) electrons. The second-order valence-electron chi connectivity index (χ2n) is 7.95. The van der Waals surface area contributed by atoms with Crippen molar-refractivity contribution < 1.29 is 33.6 Å². The van der Waals surface area contributed by atoms with Crippen LogP contribution in [0.25, 0.3) is 0 Å². The van der Waals surface area contributed by atoms with E-state index in [1.165, 1.54) is 0 Å². The Morgan fingerprint density at radius 3 is 2.64 bits per heavy atom. The molecule has 0 aliphatic carbocycles. The molecule has 7 heteroatoms. The van der Waals surface area contributed by atoms with Gasteiger partial charge in [-0.1, -0.05) is 36.4 Å². The van der Waals surface area contributed by atoms with Gasteiger partial charge in [-0.2, -0.15) is 0 Å². The maximum absolute atomic E-state index is 12.4.